The summed E-state index contributed by atoms with van der Waals surface area (Å²) in [4.78, 5) is 11.9. The summed E-state index contributed by atoms with van der Waals surface area (Å²) >= 11 is 0. The molecule has 0 N–H and O–H groups in total. The molecule has 0 radical (unpaired) electrons. The number of benzene rings is 1. The van der Waals surface area contributed by atoms with Gasteiger partial charge in [-0.3, -0.25) is 4.79 Å². The first-order chi connectivity index (χ1) is 30.8. The van der Waals surface area contributed by atoms with Gasteiger partial charge in [0.05, 0.1) is 106 Å². The van der Waals surface area contributed by atoms with Gasteiger partial charge in [-0.2, -0.15) is 0 Å². The van der Waals surface area contributed by atoms with Gasteiger partial charge in [0.1, 0.15) is 19.0 Å². The van der Waals surface area contributed by atoms with Gasteiger partial charge in [-0.1, -0.05) is 154 Å². The van der Waals surface area contributed by atoms with Crippen molar-refractivity contribution in [2.24, 2.45) is 0 Å². The van der Waals surface area contributed by atoms with Gasteiger partial charge < -0.3 is 47.4 Å². The summed E-state index contributed by atoms with van der Waals surface area (Å²) in [5.41, 5.74) is 1.38. The van der Waals surface area contributed by atoms with Gasteiger partial charge in [0.2, 0.25) is 0 Å². The van der Waals surface area contributed by atoms with E-state index < -0.39 is 0 Å². The van der Waals surface area contributed by atoms with E-state index in [1.54, 1.807) is 0 Å². The highest BCUT2D eigenvalue weighted by Crippen LogP contribution is 2.16. The van der Waals surface area contributed by atoms with Crippen LogP contribution in [0.25, 0.3) is 0 Å². The average Bonchev–Trinajstić information content (AvgIpc) is 3.28. The number of aryl methyl sites for hydroxylation is 1. The first-order valence-electron chi connectivity index (χ1n) is 25.3. The van der Waals surface area contributed by atoms with Crippen molar-refractivity contribution >= 4 is 5.97 Å². The molecular weight excluding hydrogens is 789 g/mol. The van der Waals surface area contributed by atoms with Crippen LogP contribution in [0.15, 0.2) is 24.3 Å². The van der Waals surface area contributed by atoms with Crippen molar-refractivity contribution in [3.63, 3.8) is 0 Å². The Morgan fingerprint density at radius 2 is 0.629 bits per heavy atom. The highest BCUT2D eigenvalue weighted by molar-refractivity contribution is 5.69. The molecule has 11 nitrogen and oxygen atoms in total. The van der Waals surface area contributed by atoms with Gasteiger partial charge in [-0.25, -0.2) is 0 Å². The Morgan fingerprint density at radius 3 is 0.984 bits per heavy atom. The molecule has 0 bridgehead atoms. The Labute approximate surface area is 379 Å². The molecule has 62 heavy (non-hydrogen) atoms. The van der Waals surface area contributed by atoms with Gasteiger partial charge in [-0.05, 0) is 37.0 Å². The summed E-state index contributed by atoms with van der Waals surface area (Å²) < 4.78 is 55.4. The number of rotatable bonds is 52. The summed E-state index contributed by atoms with van der Waals surface area (Å²) in [5.74, 6) is 0.759. The van der Waals surface area contributed by atoms with Crippen LogP contribution in [0.2, 0.25) is 0 Å². The zero-order valence-corrected chi connectivity index (χ0v) is 40.0. The van der Waals surface area contributed by atoms with Crippen molar-refractivity contribution in [2.75, 3.05) is 119 Å². The fourth-order valence-electron chi connectivity index (χ4n) is 6.83. The smallest absolute Gasteiger partial charge is 0.305 e. The maximum atomic E-state index is 11.9. The number of unbranched alkanes of at least 4 members (excludes halogenated alkanes) is 20. The van der Waals surface area contributed by atoms with Crippen LogP contribution in [0, 0.1) is 0 Å². The molecule has 0 aromatic heterocycles. The highest BCUT2D eigenvalue weighted by atomic mass is 16.6. The van der Waals surface area contributed by atoms with Crippen molar-refractivity contribution in [1.82, 2.24) is 0 Å². The summed E-state index contributed by atoms with van der Waals surface area (Å²) in [6.07, 6.45) is 30.8. The molecule has 1 aromatic rings. The van der Waals surface area contributed by atoms with E-state index in [-0.39, 0.29) is 5.97 Å². The lowest BCUT2D eigenvalue weighted by molar-refractivity contribution is -0.145. The number of ether oxygens (including phenoxy) is 10. The molecule has 0 aliphatic heterocycles. The lowest BCUT2D eigenvalue weighted by Crippen LogP contribution is -2.15. The fourth-order valence-corrected chi connectivity index (χ4v) is 6.83. The number of esters is 1. The van der Waals surface area contributed by atoms with E-state index in [9.17, 15) is 4.79 Å². The molecule has 0 saturated carbocycles. The number of carbonyl (C=O) groups excluding carboxylic acids is 1. The molecule has 0 atom stereocenters. The predicted octanol–water partition coefficient (Wildman–Crippen LogP) is 11.3. The summed E-state index contributed by atoms with van der Waals surface area (Å²) in [7, 11) is 0. The van der Waals surface area contributed by atoms with E-state index in [2.05, 4.69) is 38.1 Å². The maximum Gasteiger partial charge on any atom is 0.305 e. The van der Waals surface area contributed by atoms with Gasteiger partial charge in [0, 0.05) is 6.42 Å². The van der Waals surface area contributed by atoms with E-state index in [0.29, 0.717) is 125 Å². The van der Waals surface area contributed by atoms with Crippen LogP contribution in [-0.4, -0.2) is 125 Å². The molecule has 0 spiro atoms. The Kier molecular flexibility index (Phi) is 47.1. The minimum atomic E-state index is -0.127. The van der Waals surface area contributed by atoms with Gasteiger partial charge in [0.15, 0.2) is 0 Å². The maximum absolute atomic E-state index is 11.9. The zero-order chi connectivity index (χ0) is 44.3. The van der Waals surface area contributed by atoms with Crippen LogP contribution in [0.1, 0.15) is 167 Å². The Hall–Kier alpha value is -1.83. The minimum absolute atomic E-state index is 0.127. The number of hydrogen-bond donors (Lipinski definition) is 0. The average molecular weight is 883 g/mol. The molecule has 364 valence electrons. The molecule has 0 fully saturated rings. The molecule has 0 aliphatic carbocycles. The zero-order valence-electron chi connectivity index (χ0n) is 40.0. The third-order valence-corrected chi connectivity index (χ3v) is 10.6. The quantitative estimate of drug-likeness (QED) is 0.0461. The molecular formula is C51H94O11. The van der Waals surface area contributed by atoms with Crippen LogP contribution in [-0.2, 0) is 53.8 Å². The SMILES string of the molecule is CCCCCCCCCCCCCCCCCC(=O)OCCOCCOCCOCCOCCOCCOCCOCCOCCOc1ccc(CCCCCCCCC)cc1. The van der Waals surface area contributed by atoms with Crippen LogP contribution in [0.5, 0.6) is 5.75 Å². The minimum Gasteiger partial charge on any atom is -0.491 e. The first kappa shape index (κ1) is 58.2. The van der Waals surface area contributed by atoms with Crippen LogP contribution in [0.4, 0.5) is 0 Å². The summed E-state index contributed by atoms with van der Waals surface area (Å²) in [6, 6.07) is 8.46. The Bertz CT molecular complexity index is 1010. The Morgan fingerprint density at radius 1 is 0.339 bits per heavy atom. The van der Waals surface area contributed by atoms with Gasteiger partial charge in [0.25, 0.3) is 0 Å². The molecule has 0 saturated heterocycles. The molecule has 0 amide bonds. The van der Waals surface area contributed by atoms with E-state index in [0.717, 1.165) is 25.0 Å². The third kappa shape index (κ3) is 44.8. The predicted molar refractivity (Wildman–Crippen MR) is 251 cm³/mol. The highest BCUT2D eigenvalue weighted by Gasteiger charge is 2.04. The van der Waals surface area contributed by atoms with Gasteiger partial charge in [-0.15, -0.1) is 0 Å². The monoisotopic (exact) mass is 883 g/mol. The van der Waals surface area contributed by atoms with Crippen LogP contribution in [0.3, 0.4) is 0 Å². The number of hydrogen-bond acceptors (Lipinski definition) is 11. The van der Waals surface area contributed by atoms with E-state index >= 15 is 0 Å². The third-order valence-electron chi connectivity index (χ3n) is 10.6. The molecule has 1 rings (SSSR count). The Balaban J connectivity index is 1.68. The van der Waals surface area contributed by atoms with E-state index in [1.165, 1.54) is 134 Å². The molecule has 0 unspecified atom stereocenters. The second-order valence-corrected chi connectivity index (χ2v) is 16.2. The first-order valence-corrected chi connectivity index (χ1v) is 25.3. The van der Waals surface area contributed by atoms with E-state index in [1.807, 2.05) is 0 Å². The van der Waals surface area contributed by atoms with Crippen molar-refractivity contribution < 1.29 is 52.2 Å². The van der Waals surface area contributed by atoms with Crippen molar-refractivity contribution in [3.05, 3.63) is 29.8 Å². The fraction of sp³-hybridized carbons (Fsp3) is 0.863. The lowest BCUT2D eigenvalue weighted by atomic mass is 10.0. The van der Waals surface area contributed by atoms with Crippen molar-refractivity contribution in [3.8, 4) is 5.75 Å². The summed E-state index contributed by atoms with van der Waals surface area (Å²) in [5, 5.41) is 0. The second kappa shape index (κ2) is 50.2. The molecule has 0 aliphatic rings. The normalized spacial score (nSPS) is 11.5. The van der Waals surface area contributed by atoms with Crippen LogP contribution < -0.4 is 4.74 Å². The molecule has 11 heteroatoms. The molecule has 1 aromatic carbocycles. The number of carbonyl (C=O) groups is 1. The van der Waals surface area contributed by atoms with Crippen molar-refractivity contribution in [1.29, 1.82) is 0 Å². The molecule has 0 heterocycles. The summed E-state index contributed by atoms with van der Waals surface area (Å²) in [6.45, 7) is 13.3. The lowest BCUT2D eigenvalue weighted by Gasteiger charge is -2.09. The van der Waals surface area contributed by atoms with Gasteiger partial charge >= 0.3 is 5.97 Å². The largest absolute Gasteiger partial charge is 0.491 e. The second-order valence-electron chi connectivity index (χ2n) is 16.2. The van der Waals surface area contributed by atoms with Crippen LogP contribution >= 0.6 is 0 Å². The topological polar surface area (TPSA) is 109 Å². The standard InChI is InChI=1S/C51H94O11/c1-3-5-7-9-11-12-13-14-15-16-17-18-20-22-24-26-51(52)62-48-46-60-44-42-58-40-38-56-36-34-54-32-31-53-33-35-55-37-39-57-41-43-59-45-47-61-50-29-27-49(28-30-50)25-23-21-19-10-8-6-4-2/h27-30H,3-26,31-48H2,1-2H3. The van der Waals surface area contributed by atoms with E-state index in [4.69, 9.17) is 47.4 Å². The van der Waals surface area contributed by atoms with Crippen molar-refractivity contribution in [2.45, 2.75) is 168 Å².